The monoisotopic (exact) mass is 879 g/mol. The summed E-state index contributed by atoms with van der Waals surface area (Å²) in [7, 11) is 0. The van der Waals surface area contributed by atoms with Crippen molar-refractivity contribution in [3.8, 4) is 0 Å². The van der Waals surface area contributed by atoms with Crippen molar-refractivity contribution in [2.24, 2.45) is 0 Å². The third kappa shape index (κ3) is 49.7. The maximum atomic E-state index is 12.8. The van der Waals surface area contributed by atoms with Gasteiger partial charge in [-0.2, -0.15) is 0 Å². The first-order valence-electron chi connectivity index (χ1n) is 26.4. The molecule has 6 heteroatoms. The number of esters is 3. The van der Waals surface area contributed by atoms with Gasteiger partial charge in [0.05, 0.1) is 0 Å². The Morgan fingerprint density at radius 3 is 0.984 bits per heavy atom. The van der Waals surface area contributed by atoms with Gasteiger partial charge >= 0.3 is 17.9 Å². The summed E-state index contributed by atoms with van der Waals surface area (Å²) in [5, 5.41) is 0. The van der Waals surface area contributed by atoms with Crippen LogP contribution < -0.4 is 0 Å². The third-order valence-corrected chi connectivity index (χ3v) is 11.2. The van der Waals surface area contributed by atoms with E-state index in [1.165, 1.54) is 122 Å². The lowest BCUT2D eigenvalue weighted by Gasteiger charge is -2.18. The predicted octanol–water partition coefficient (Wildman–Crippen LogP) is 17.4. The Hall–Kier alpha value is -3.15. The van der Waals surface area contributed by atoms with Gasteiger partial charge in [-0.15, -0.1) is 0 Å². The minimum Gasteiger partial charge on any atom is -0.462 e. The average Bonchev–Trinajstić information content (AvgIpc) is 3.28. The number of allylic oxidation sites excluding steroid dienone is 12. The molecule has 1 atom stereocenters. The normalized spacial score (nSPS) is 12.6. The quantitative estimate of drug-likeness (QED) is 0.0262. The Bertz CT molecular complexity index is 1190. The van der Waals surface area contributed by atoms with Crippen molar-refractivity contribution >= 4 is 17.9 Å². The van der Waals surface area contributed by atoms with E-state index in [1.54, 1.807) is 0 Å². The first kappa shape index (κ1) is 59.9. The van der Waals surface area contributed by atoms with E-state index >= 15 is 0 Å². The van der Waals surface area contributed by atoms with E-state index in [9.17, 15) is 14.4 Å². The highest BCUT2D eigenvalue weighted by atomic mass is 16.6. The first-order valence-corrected chi connectivity index (χ1v) is 26.4. The molecule has 0 spiro atoms. The van der Waals surface area contributed by atoms with Crippen LogP contribution in [0.25, 0.3) is 0 Å². The second-order valence-corrected chi connectivity index (χ2v) is 17.4. The van der Waals surface area contributed by atoms with Gasteiger partial charge in [0.2, 0.25) is 0 Å². The third-order valence-electron chi connectivity index (χ3n) is 11.2. The molecular weight excluding hydrogens is 781 g/mol. The Labute approximate surface area is 389 Å². The van der Waals surface area contributed by atoms with Crippen LogP contribution >= 0.6 is 0 Å². The molecule has 63 heavy (non-hydrogen) atoms. The Morgan fingerprint density at radius 1 is 0.317 bits per heavy atom. The predicted molar refractivity (Wildman–Crippen MR) is 270 cm³/mol. The van der Waals surface area contributed by atoms with E-state index < -0.39 is 6.10 Å². The van der Waals surface area contributed by atoms with Crippen LogP contribution in [0.3, 0.4) is 0 Å². The first-order chi connectivity index (χ1) is 31.0. The summed E-state index contributed by atoms with van der Waals surface area (Å²) in [6.07, 6.45) is 64.6. The summed E-state index contributed by atoms with van der Waals surface area (Å²) >= 11 is 0. The lowest BCUT2D eigenvalue weighted by Crippen LogP contribution is -2.30. The van der Waals surface area contributed by atoms with Gasteiger partial charge in [0.15, 0.2) is 6.10 Å². The van der Waals surface area contributed by atoms with Crippen LogP contribution in [0.5, 0.6) is 0 Å². The van der Waals surface area contributed by atoms with Gasteiger partial charge in [0.1, 0.15) is 13.2 Å². The molecule has 362 valence electrons. The van der Waals surface area contributed by atoms with E-state index in [0.717, 1.165) is 83.5 Å². The van der Waals surface area contributed by atoms with E-state index in [4.69, 9.17) is 14.2 Å². The number of hydrogen-bond acceptors (Lipinski definition) is 6. The molecule has 0 unspecified atom stereocenters. The standard InChI is InChI=1S/C57H98O6/c1-4-7-10-13-16-19-22-24-26-27-28-29-31-32-35-38-41-44-47-50-56(59)62-53-54(52-61-55(58)49-46-43-40-37-34-21-18-15-12-9-6-3)63-57(60)51-48-45-42-39-36-33-30-25-23-20-17-14-11-8-5-2/h15-20,24-26,30,36,39,54H,4-14,21-23,27-29,31-35,37-38,40-53H2,1-3H3/b18-15-,19-16-,20-17-,26-24-,30-25-,39-36-/t54-/m0/s1. The summed E-state index contributed by atoms with van der Waals surface area (Å²) < 4.78 is 16.8. The number of rotatable bonds is 47. The van der Waals surface area contributed by atoms with Crippen LogP contribution in [0, 0.1) is 0 Å². The molecule has 0 aliphatic rings. The number of unbranched alkanes of at least 4 members (excludes halogenated alkanes) is 24. The Kier molecular flexibility index (Phi) is 48.9. The van der Waals surface area contributed by atoms with Gasteiger partial charge in [-0.3, -0.25) is 14.4 Å². The SMILES string of the molecule is CCCC/C=C\CCCCCCCC(=O)OC[C@@H](COC(=O)CCCCCCCCCCC/C=C\C/C=C\CCCCC)OC(=O)CCCC/C=C\C/C=C\C/C=C\CCCCC. The second kappa shape index (κ2) is 51.5. The average molecular weight is 879 g/mol. The zero-order valence-electron chi connectivity index (χ0n) is 41.3. The lowest BCUT2D eigenvalue weighted by molar-refractivity contribution is -0.167. The van der Waals surface area contributed by atoms with Gasteiger partial charge < -0.3 is 14.2 Å². The number of carbonyl (C=O) groups excluding carboxylic acids is 3. The topological polar surface area (TPSA) is 78.9 Å². The number of carbonyl (C=O) groups is 3. The molecule has 0 aromatic heterocycles. The van der Waals surface area contributed by atoms with Gasteiger partial charge in [0, 0.05) is 19.3 Å². The van der Waals surface area contributed by atoms with Gasteiger partial charge in [0.25, 0.3) is 0 Å². The van der Waals surface area contributed by atoms with Crippen molar-refractivity contribution < 1.29 is 28.6 Å². The van der Waals surface area contributed by atoms with Crippen molar-refractivity contribution in [1.82, 2.24) is 0 Å². The molecule has 0 rings (SSSR count). The fraction of sp³-hybridized carbons (Fsp3) is 0.737. The Balaban J connectivity index is 4.40. The van der Waals surface area contributed by atoms with Gasteiger partial charge in [-0.1, -0.05) is 196 Å². The second-order valence-electron chi connectivity index (χ2n) is 17.4. The van der Waals surface area contributed by atoms with Crippen molar-refractivity contribution in [3.63, 3.8) is 0 Å². The van der Waals surface area contributed by atoms with E-state index in [-0.39, 0.29) is 37.5 Å². The van der Waals surface area contributed by atoms with Crippen LogP contribution in [0.1, 0.15) is 252 Å². The maximum Gasteiger partial charge on any atom is 0.306 e. The summed E-state index contributed by atoms with van der Waals surface area (Å²) in [6.45, 7) is 6.50. The van der Waals surface area contributed by atoms with Crippen molar-refractivity contribution in [2.45, 2.75) is 258 Å². The molecule has 0 aliphatic heterocycles. The van der Waals surface area contributed by atoms with E-state index in [1.807, 2.05) is 0 Å². The van der Waals surface area contributed by atoms with Crippen LogP contribution in [-0.4, -0.2) is 37.2 Å². The minimum atomic E-state index is -0.799. The lowest BCUT2D eigenvalue weighted by atomic mass is 10.1. The van der Waals surface area contributed by atoms with Crippen LogP contribution in [0.4, 0.5) is 0 Å². The van der Waals surface area contributed by atoms with E-state index in [0.29, 0.717) is 19.3 Å². The molecule has 0 radical (unpaired) electrons. The highest BCUT2D eigenvalue weighted by Crippen LogP contribution is 2.14. The molecule has 0 saturated heterocycles. The molecule has 0 aromatic carbocycles. The van der Waals surface area contributed by atoms with Gasteiger partial charge in [-0.25, -0.2) is 0 Å². The van der Waals surface area contributed by atoms with Crippen molar-refractivity contribution in [1.29, 1.82) is 0 Å². The van der Waals surface area contributed by atoms with Crippen LogP contribution in [-0.2, 0) is 28.6 Å². The molecule has 0 aromatic rings. The molecule has 0 saturated carbocycles. The minimum absolute atomic E-state index is 0.0956. The largest absolute Gasteiger partial charge is 0.462 e. The number of hydrogen-bond donors (Lipinski definition) is 0. The molecule has 0 amide bonds. The summed E-state index contributed by atoms with van der Waals surface area (Å²) in [5.74, 6) is -0.947. The summed E-state index contributed by atoms with van der Waals surface area (Å²) in [4.78, 5) is 38.0. The molecule has 6 nitrogen and oxygen atoms in total. The zero-order valence-corrected chi connectivity index (χ0v) is 41.3. The van der Waals surface area contributed by atoms with Gasteiger partial charge in [-0.05, 0) is 109 Å². The fourth-order valence-corrected chi connectivity index (χ4v) is 7.11. The summed E-state index contributed by atoms with van der Waals surface area (Å²) in [6, 6.07) is 0. The molecular formula is C57H98O6. The molecule has 0 N–H and O–H groups in total. The van der Waals surface area contributed by atoms with Crippen LogP contribution in [0.2, 0.25) is 0 Å². The Morgan fingerprint density at radius 2 is 0.587 bits per heavy atom. The van der Waals surface area contributed by atoms with Crippen LogP contribution in [0.15, 0.2) is 72.9 Å². The van der Waals surface area contributed by atoms with Crippen molar-refractivity contribution in [3.05, 3.63) is 72.9 Å². The summed E-state index contributed by atoms with van der Waals surface area (Å²) in [5.41, 5.74) is 0. The fourth-order valence-electron chi connectivity index (χ4n) is 7.11. The maximum absolute atomic E-state index is 12.8. The molecule has 0 bridgehead atoms. The van der Waals surface area contributed by atoms with E-state index in [2.05, 4.69) is 93.7 Å². The molecule has 0 aliphatic carbocycles. The highest BCUT2D eigenvalue weighted by molar-refractivity contribution is 5.71. The zero-order chi connectivity index (χ0) is 45.8. The highest BCUT2D eigenvalue weighted by Gasteiger charge is 2.19. The molecule has 0 heterocycles. The molecule has 0 fully saturated rings. The van der Waals surface area contributed by atoms with Crippen molar-refractivity contribution in [2.75, 3.05) is 13.2 Å². The number of ether oxygens (including phenoxy) is 3. The smallest absolute Gasteiger partial charge is 0.306 e.